The first-order chi connectivity index (χ1) is 10.2. The summed E-state index contributed by atoms with van der Waals surface area (Å²) in [7, 11) is 0. The average molecular weight is 279 g/mol. The number of hydrogen-bond donors (Lipinski definition) is 0. The van der Waals surface area contributed by atoms with E-state index in [0.29, 0.717) is 0 Å². The summed E-state index contributed by atoms with van der Waals surface area (Å²) in [5.74, 6) is 0.115. The quantitative estimate of drug-likeness (QED) is 0.784. The van der Waals surface area contributed by atoms with Crippen LogP contribution < -0.4 is 0 Å². The van der Waals surface area contributed by atoms with E-state index >= 15 is 0 Å². The zero-order valence-electron chi connectivity index (χ0n) is 12.5. The summed E-state index contributed by atoms with van der Waals surface area (Å²) in [6, 6.07) is 16.6. The number of Topliss-reactive ketones (excluding diaryl/α,β-unsaturated/α-hetero) is 1. The van der Waals surface area contributed by atoms with E-state index in [0.717, 1.165) is 12.1 Å². The van der Waals surface area contributed by atoms with Gasteiger partial charge in [0.1, 0.15) is 0 Å². The van der Waals surface area contributed by atoms with Gasteiger partial charge in [0, 0.05) is 12.1 Å². The molecule has 0 saturated carbocycles. The van der Waals surface area contributed by atoms with Crippen LogP contribution in [0.2, 0.25) is 0 Å². The van der Waals surface area contributed by atoms with E-state index in [1.807, 2.05) is 24.3 Å². The van der Waals surface area contributed by atoms with Gasteiger partial charge in [-0.3, -0.25) is 9.69 Å². The van der Waals surface area contributed by atoms with Gasteiger partial charge in [0.15, 0.2) is 5.78 Å². The molecule has 0 unspecified atom stereocenters. The highest BCUT2D eigenvalue weighted by Crippen LogP contribution is 2.22. The van der Waals surface area contributed by atoms with E-state index < -0.39 is 0 Å². The van der Waals surface area contributed by atoms with Crippen LogP contribution in [0.5, 0.6) is 0 Å². The van der Waals surface area contributed by atoms with Crippen molar-refractivity contribution in [2.45, 2.75) is 26.3 Å². The second-order valence-electron chi connectivity index (χ2n) is 5.82. The SMILES string of the molecule is CC(=O)c1ccc(-c2cccc(CN3CCCC3)c2)cc1. The Bertz CT molecular complexity index is 624. The van der Waals surface area contributed by atoms with E-state index in [2.05, 4.69) is 29.2 Å². The monoisotopic (exact) mass is 279 g/mol. The fourth-order valence-corrected chi connectivity index (χ4v) is 2.95. The summed E-state index contributed by atoms with van der Waals surface area (Å²) >= 11 is 0. The minimum atomic E-state index is 0.115. The Balaban J connectivity index is 1.79. The molecule has 3 rings (SSSR count). The number of hydrogen-bond acceptors (Lipinski definition) is 2. The van der Waals surface area contributed by atoms with E-state index in [4.69, 9.17) is 0 Å². The highest BCUT2D eigenvalue weighted by Gasteiger charge is 2.12. The van der Waals surface area contributed by atoms with Gasteiger partial charge in [-0.15, -0.1) is 0 Å². The van der Waals surface area contributed by atoms with E-state index in [9.17, 15) is 4.79 Å². The first kappa shape index (κ1) is 14.0. The highest BCUT2D eigenvalue weighted by molar-refractivity contribution is 5.94. The lowest BCUT2D eigenvalue weighted by Crippen LogP contribution is -2.18. The lowest BCUT2D eigenvalue weighted by atomic mass is 10.0. The number of benzene rings is 2. The molecule has 0 aliphatic carbocycles. The molecule has 2 aromatic rings. The number of carbonyl (C=O) groups excluding carboxylic acids is 1. The smallest absolute Gasteiger partial charge is 0.159 e. The van der Waals surface area contributed by atoms with E-state index in [-0.39, 0.29) is 5.78 Å². The van der Waals surface area contributed by atoms with Crippen LogP contribution in [0.15, 0.2) is 48.5 Å². The van der Waals surface area contributed by atoms with Crippen LogP contribution >= 0.6 is 0 Å². The van der Waals surface area contributed by atoms with Gasteiger partial charge in [-0.1, -0.05) is 42.5 Å². The minimum Gasteiger partial charge on any atom is -0.299 e. The van der Waals surface area contributed by atoms with Gasteiger partial charge >= 0.3 is 0 Å². The third kappa shape index (κ3) is 3.40. The van der Waals surface area contributed by atoms with Crippen LogP contribution in [0.4, 0.5) is 0 Å². The van der Waals surface area contributed by atoms with E-state index in [1.54, 1.807) is 6.92 Å². The number of rotatable bonds is 4. The number of likely N-dealkylation sites (tertiary alicyclic amines) is 1. The van der Waals surface area contributed by atoms with Gasteiger partial charge in [-0.05, 0) is 55.6 Å². The van der Waals surface area contributed by atoms with Crippen molar-refractivity contribution in [1.82, 2.24) is 4.90 Å². The Labute approximate surface area is 126 Å². The second kappa shape index (κ2) is 6.23. The normalized spacial score (nSPS) is 15.3. The van der Waals surface area contributed by atoms with Crippen molar-refractivity contribution >= 4 is 5.78 Å². The van der Waals surface area contributed by atoms with E-state index in [1.165, 1.54) is 42.6 Å². The van der Waals surface area contributed by atoms with Gasteiger partial charge in [0.25, 0.3) is 0 Å². The first-order valence-corrected chi connectivity index (χ1v) is 7.65. The molecule has 108 valence electrons. The third-order valence-corrected chi connectivity index (χ3v) is 4.16. The zero-order chi connectivity index (χ0) is 14.7. The molecule has 1 heterocycles. The minimum absolute atomic E-state index is 0.115. The second-order valence-corrected chi connectivity index (χ2v) is 5.82. The van der Waals surface area contributed by atoms with Gasteiger partial charge in [0.2, 0.25) is 0 Å². The van der Waals surface area contributed by atoms with Crippen molar-refractivity contribution in [3.8, 4) is 11.1 Å². The lowest BCUT2D eigenvalue weighted by Gasteiger charge is -2.15. The number of ketones is 1. The Kier molecular flexibility index (Phi) is 4.16. The Morgan fingerprint density at radius 2 is 1.71 bits per heavy atom. The average Bonchev–Trinajstić information content (AvgIpc) is 3.00. The molecule has 2 heteroatoms. The van der Waals surface area contributed by atoms with Crippen molar-refractivity contribution in [1.29, 1.82) is 0 Å². The molecule has 21 heavy (non-hydrogen) atoms. The molecule has 0 amide bonds. The summed E-state index contributed by atoms with van der Waals surface area (Å²) in [5, 5.41) is 0. The van der Waals surface area contributed by atoms with Gasteiger partial charge in [0.05, 0.1) is 0 Å². The number of carbonyl (C=O) groups is 1. The maximum Gasteiger partial charge on any atom is 0.159 e. The molecule has 1 aliphatic rings. The molecule has 0 N–H and O–H groups in total. The summed E-state index contributed by atoms with van der Waals surface area (Å²) in [6.45, 7) is 5.08. The molecule has 0 spiro atoms. The highest BCUT2D eigenvalue weighted by atomic mass is 16.1. The summed E-state index contributed by atoms with van der Waals surface area (Å²) < 4.78 is 0. The maximum absolute atomic E-state index is 11.3. The standard InChI is InChI=1S/C19H21NO/c1-15(21)17-7-9-18(10-8-17)19-6-4-5-16(13-19)14-20-11-2-3-12-20/h4-10,13H,2-3,11-12,14H2,1H3. The topological polar surface area (TPSA) is 20.3 Å². The molecule has 1 saturated heterocycles. The maximum atomic E-state index is 11.3. The fraction of sp³-hybridized carbons (Fsp3) is 0.316. The molecule has 1 fully saturated rings. The molecular weight excluding hydrogens is 258 g/mol. The Morgan fingerprint density at radius 3 is 2.38 bits per heavy atom. The molecule has 0 bridgehead atoms. The van der Waals surface area contributed by atoms with Crippen molar-refractivity contribution < 1.29 is 4.79 Å². The van der Waals surface area contributed by atoms with Crippen LogP contribution in [0.3, 0.4) is 0 Å². The number of nitrogens with zero attached hydrogens (tertiary/aromatic N) is 1. The summed E-state index contributed by atoms with van der Waals surface area (Å²) in [6.07, 6.45) is 2.65. The van der Waals surface area contributed by atoms with Gasteiger partial charge in [-0.25, -0.2) is 0 Å². The molecule has 2 aromatic carbocycles. The van der Waals surface area contributed by atoms with Gasteiger partial charge < -0.3 is 0 Å². The summed E-state index contributed by atoms with van der Waals surface area (Å²) in [5.41, 5.74) is 4.53. The van der Waals surface area contributed by atoms with Crippen LogP contribution in [-0.2, 0) is 6.54 Å². The zero-order valence-corrected chi connectivity index (χ0v) is 12.5. The molecule has 0 aromatic heterocycles. The Hall–Kier alpha value is -1.93. The van der Waals surface area contributed by atoms with Crippen molar-refractivity contribution in [2.75, 3.05) is 13.1 Å². The molecule has 1 aliphatic heterocycles. The van der Waals surface area contributed by atoms with Crippen LogP contribution in [0.25, 0.3) is 11.1 Å². The Morgan fingerprint density at radius 1 is 1.00 bits per heavy atom. The molecule has 0 atom stereocenters. The predicted octanol–water partition coefficient (Wildman–Crippen LogP) is 4.15. The first-order valence-electron chi connectivity index (χ1n) is 7.65. The van der Waals surface area contributed by atoms with Gasteiger partial charge in [-0.2, -0.15) is 0 Å². The third-order valence-electron chi connectivity index (χ3n) is 4.16. The molecule has 2 nitrogen and oxygen atoms in total. The van der Waals surface area contributed by atoms with Crippen molar-refractivity contribution in [2.24, 2.45) is 0 Å². The summed E-state index contributed by atoms with van der Waals surface area (Å²) in [4.78, 5) is 13.8. The predicted molar refractivity (Wildman–Crippen MR) is 86.4 cm³/mol. The molecule has 0 radical (unpaired) electrons. The van der Waals surface area contributed by atoms with Crippen LogP contribution in [-0.4, -0.2) is 23.8 Å². The molecular formula is C19H21NO. The van der Waals surface area contributed by atoms with Crippen LogP contribution in [0, 0.1) is 0 Å². The lowest BCUT2D eigenvalue weighted by molar-refractivity contribution is 0.101. The van der Waals surface area contributed by atoms with Crippen molar-refractivity contribution in [3.05, 3.63) is 59.7 Å². The van der Waals surface area contributed by atoms with Crippen LogP contribution in [0.1, 0.15) is 35.7 Å². The largest absolute Gasteiger partial charge is 0.299 e. The van der Waals surface area contributed by atoms with Crippen molar-refractivity contribution in [3.63, 3.8) is 0 Å². The fourth-order valence-electron chi connectivity index (χ4n) is 2.95.